The molecule has 0 unspecified atom stereocenters. The van der Waals surface area contributed by atoms with Crippen LogP contribution in [-0.2, 0) is 4.79 Å². The highest BCUT2D eigenvalue weighted by Gasteiger charge is 2.13. The summed E-state index contributed by atoms with van der Waals surface area (Å²) in [6.07, 6.45) is 1.64. The predicted octanol–water partition coefficient (Wildman–Crippen LogP) is 3.79. The molecule has 0 saturated heterocycles. The van der Waals surface area contributed by atoms with Crippen LogP contribution in [0, 0.1) is 6.92 Å². The van der Waals surface area contributed by atoms with E-state index in [4.69, 9.17) is 0 Å². The first kappa shape index (κ1) is 21.6. The molecule has 0 fully saturated rings. The molecule has 7 nitrogen and oxygen atoms in total. The zero-order valence-electron chi connectivity index (χ0n) is 17.5. The molecule has 156 valence electrons. The van der Waals surface area contributed by atoms with Crippen LogP contribution in [0.5, 0.6) is 0 Å². The van der Waals surface area contributed by atoms with Gasteiger partial charge in [0.25, 0.3) is 5.91 Å². The molecule has 1 heterocycles. The van der Waals surface area contributed by atoms with E-state index in [-0.39, 0.29) is 17.6 Å². The Morgan fingerprint density at radius 2 is 1.87 bits per heavy atom. The van der Waals surface area contributed by atoms with Crippen LogP contribution in [0.1, 0.15) is 41.3 Å². The molecular formula is C22H25N5O2S. The molecule has 2 N–H and O–H groups in total. The summed E-state index contributed by atoms with van der Waals surface area (Å²) in [6.45, 7) is 6.19. The van der Waals surface area contributed by atoms with Gasteiger partial charge >= 0.3 is 0 Å². The van der Waals surface area contributed by atoms with Crippen LogP contribution in [0.25, 0.3) is 5.69 Å². The van der Waals surface area contributed by atoms with Gasteiger partial charge in [-0.05, 0) is 48.2 Å². The standard InChI is InChI=1S/C22H25N5O2S/c1-14(2)16-7-9-18(10-8-16)27-13-24-26-22(27)30-12-20(28)25-19-11-17(21(29)23-4)6-5-15(19)3/h5-11,13-14H,12H2,1-4H3,(H,23,29)(H,25,28). The number of hydrogen-bond acceptors (Lipinski definition) is 5. The lowest BCUT2D eigenvalue weighted by atomic mass is 10.0. The van der Waals surface area contributed by atoms with Crippen LogP contribution in [0.4, 0.5) is 5.69 Å². The van der Waals surface area contributed by atoms with Crippen molar-refractivity contribution < 1.29 is 9.59 Å². The fourth-order valence-corrected chi connectivity index (χ4v) is 3.61. The maximum Gasteiger partial charge on any atom is 0.251 e. The van der Waals surface area contributed by atoms with E-state index in [9.17, 15) is 9.59 Å². The molecule has 0 aliphatic carbocycles. The fourth-order valence-electron chi connectivity index (χ4n) is 2.88. The zero-order chi connectivity index (χ0) is 21.7. The number of carbonyl (C=O) groups excluding carboxylic acids is 2. The van der Waals surface area contributed by atoms with Crippen molar-refractivity contribution in [2.24, 2.45) is 0 Å². The zero-order valence-corrected chi connectivity index (χ0v) is 18.3. The summed E-state index contributed by atoms with van der Waals surface area (Å²) in [6, 6.07) is 13.4. The topological polar surface area (TPSA) is 88.9 Å². The number of hydrogen-bond donors (Lipinski definition) is 2. The lowest BCUT2D eigenvalue weighted by Crippen LogP contribution is -2.19. The minimum Gasteiger partial charge on any atom is -0.355 e. The average Bonchev–Trinajstić information content (AvgIpc) is 3.22. The second kappa shape index (κ2) is 9.58. The van der Waals surface area contributed by atoms with Crippen LogP contribution in [0.3, 0.4) is 0 Å². The highest BCUT2D eigenvalue weighted by molar-refractivity contribution is 7.99. The van der Waals surface area contributed by atoms with E-state index in [2.05, 4.69) is 46.8 Å². The summed E-state index contributed by atoms with van der Waals surface area (Å²) < 4.78 is 1.86. The largest absolute Gasteiger partial charge is 0.355 e. The Morgan fingerprint density at radius 1 is 1.13 bits per heavy atom. The van der Waals surface area contributed by atoms with Gasteiger partial charge in [-0.3, -0.25) is 14.2 Å². The van der Waals surface area contributed by atoms with Gasteiger partial charge in [0.05, 0.1) is 5.75 Å². The SMILES string of the molecule is CNC(=O)c1ccc(C)c(NC(=O)CSc2nncn2-c2ccc(C(C)C)cc2)c1. The fraction of sp³-hybridized carbons (Fsp3) is 0.273. The smallest absolute Gasteiger partial charge is 0.251 e. The van der Waals surface area contributed by atoms with Crippen molar-refractivity contribution in [1.29, 1.82) is 0 Å². The quantitative estimate of drug-likeness (QED) is 0.565. The summed E-state index contributed by atoms with van der Waals surface area (Å²) in [7, 11) is 1.57. The number of anilines is 1. The number of nitrogens with zero attached hydrogens (tertiary/aromatic N) is 3. The Hall–Kier alpha value is -3.13. The van der Waals surface area contributed by atoms with Crippen molar-refractivity contribution in [2.45, 2.75) is 31.8 Å². The third kappa shape index (κ3) is 5.07. The van der Waals surface area contributed by atoms with Crippen molar-refractivity contribution >= 4 is 29.3 Å². The second-order valence-electron chi connectivity index (χ2n) is 7.18. The Bertz CT molecular complexity index is 1040. The second-order valence-corrected chi connectivity index (χ2v) is 8.12. The van der Waals surface area contributed by atoms with Gasteiger partial charge in [-0.15, -0.1) is 10.2 Å². The van der Waals surface area contributed by atoms with Gasteiger partial charge < -0.3 is 10.6 Å². The molecule has 3 rings (SSSR count). The molecule has 0 spiro atoms. The Morgan fingerprint density at radius 3 is 2.53 bits per heavy atom. The summed E-state index contributed by atoms with van der Waals surface area (Å²) in [5, 5.41) is 14.2. The van der Waals surface area contributed by atoms with E-state index in [1.165, 1.54) is 17.3 Å². The number of rotatable bonds is 7. The molecule has 0 aliphatic heterocycles. The molecule has 2 amide bonds. The Labute approximate surface area is 180 Å². The number of thioether (sulfide) groups is 1. The normalized spacial score (nSPS) is 10.8. The van der Waals surface area contributed by atoms with Gasteiger partial charge in [0.15, 0.2) is 5.16 Å². The number of carbonyl (C=O) groups is 2. The first-order valence-corrected chi connectivity index (χ1v) is 10.6. The molecular weight excluding hydrogens is 398 g/mol. The van der Waals surface area contributed by atoms with E-state index >= 15 is 0 Å². The van der Waals surface area contributed by atoms with Gasteiger partial charge in [-0.2, -0.15) is 0 Å². The van der Waals surface area contributed by atoms with Crippen LogP contribution < -0.4 is 10.6 Å². The lowest BCUT2D eigenvalue weighted by molar-refractivity contribution is -0.113. The van der Waals surface area contributed by atoms with Gasteiger partial charge in [0.1, 0.15) is 6.33 Å². The lowest BCUT2D eigenvalue weighted by Gasteiger charge is -2.11. The van der Waals surface area contributed by atoms with Gasteiger partial charge in [-0.1, -0.05) is 43.8 Å². The van der Waals surface area contributed by atoms with E-state index in [1.807, 2.05) is 29.7 Å². The van der Waals surface area contributed by atoms with Gasteiger partial charge in [0.2, 0.25) is 5.91 Å². The molecule has 8 heteroatoms. The molecule has 0 aliphatic rings. The van der Waals surface area contributed by atoms with Crippen molar-refractivity contribution in [3.8, 4) is 5.69 Å². The molecule has 3 aromatic rings. The van der Waals surface area contributed by atoms with E-state index in [0.29, 0.717) is 22.3 Å². The number of benzene rings is 2. The predicted molar refractivity (Wildman–Crippen MR) is 119 cm³/mol. The van der Waals surface area contributed by atoms with Crippen LogP contribution in [0.15, 0.2) is 53.9 Å². The summed E-state index contributed by atoms with van der Waals surface area (Å²) in [5.41, 5.74) is 4.20. The van der Waals surface area contributed by atoms with E-state index in [1.54, 1.807) is 25.5 Å². The number of amides is 2. The van der Waals surface area contributed by atoms with Crippen molar-refractivity contribution in [2.75, 3.05) is 18.1 Å². The van der Waals surface area contributed by atoms with Crippen molar-refractivity contribution in [3.63, 3.8) is 0 Å². The third-order valence-corrected chi connectivity index (χ3v) is 5.63. The molecule has 0 radical (unpaired) electrons. The maximum absolute atomic E-state index is 12.5. The summed E-state index contributed by atoms with van der Waals surface area (Å²) in [5.74, 6) is 0.257. The number of nitrogens with one attached hydrogen (secondary N) is 2. The maximum atomic E-state index is 12.5. The number of aryl methyl sites for hydroxylation is 1. The van der Waals surface area contributed by atoms with Crippen molar-refractivity contribution in [3.05, 3.63) is 65.5 Å². The highest BCUT2D eigenvalue weighted by Crippen LogP contribution is 2.23. The van der Waals surface area contributed by atoms with Crippen LogP contribution >= 0.6 is 11.8 Å². The van der Waals surface area contributed by atoms with Crippen LogP contribution in [0.2, 0.25) is 0 Å². The van der Waals surface area contributed by atoms with Crippen LogP contribution in [-0.4, -0.2) is 39.4 Å². The molecule has 0 bridgehead atoms. The summed E-state index contributed by atoms with van der Waals surface area (Å²) in [4.78, 5) is 24.3. The molecule has 1 aromatic heterocycles. The third-order valence-electron chi connectivity index (χ3n) is 4.69. The Kier molecular flexibility index (Phi) is 6.89. The highest BCUT2D eigenvalue weighted by atomic mass is 32.2. The molecule has 30 heavy (non-hydrogen) atoms. The number of aromatic nitrogens is 3. The first-order chi connectivity index (χ1) is 14.4. The molecule has 0 atom stereocenters. The van der Waals surface area contributed by atoms with E-state index in [0.717, 1.165) is 11.3 Å². The van der Waals surface area contributed by atoms with Gasteiger partial charge in [0, 0.05) is 24.0 Å². The Balaban J connectivity index is 1.66. The van der Waals surface area contributed by atoms with E-state index < -0.39 is 0 Å². The average molecular weight is 424 g/mol. The molecule has 0 saturated carbocycles. The molecule has 2 aromatic carbocycles. The van der Waals surface area contributed by atoms with Gasteiger partial charge in [-0.25, -0.2) is 0 Å². The minimum absolute atomic E-state index is 0.173. The monoisotopic (exact) mass is 423 g/mol. The first-order valence-electron chi connectivity index (χ1n) is 9.64. The summed E-state index contributed by atoms with van der Waals surface area (Å²) >= 11 is 1.31. The minimum atomic E-state index is -0.198. The van der Waals surface area contributed by atoms with Crippen molar-refractivity contribution in [1.82, 2.24) is 20.1 Å².